The van der Waals surface area contributed by atoms with Gasteiger partial charge in [-0.3, -0.25) is 9.89 Å². The standard InChI is InChI=1S/C17H30N6O2/c1-6-21(7-2)17(25)22-9-8-10-23(16(24)12(3)4)14(11-22)15-18-13(5)19-20-15/h12,14H,6-11H2,1-5H3,(H,18,19,20). The van der Waals surface area contributed by atoms with Gasteiger partial charge in [-0.2, -0.15) is 5.10 Å². The van der Waals surface area contributed by atoms with Gasteiger partial charge in [0.15, 0.2) is 5.82 Å². The van der Waals surface area contributed by atoms with Crippen LogP contribution >= 0.6 is 0 Å². The van der Waals surface area contributed by atoms with E-state index in [1.807, 2.05) is 44.4 Å². The summed E-state index contributed by atoms with van der Waals surface area (Å²) in [4.78, 5) is 35.4. The predicted octanol–water partition coefficient (Wildman–Crippen LogP) is 1.81. The molecule has 0 aliphatic carbocycles. The smallest absolute Gasteiger partial charge is 0.320 e. The summed E-state index contributed by atoms with van der Waals surface area (Å²) < 4.78 is 0. The van der Waals surface area contributed by atoms with Gasteiger partial charge in [-0.15, -0.1) is 0 Å². The third-order valence-corrected chi connectivity index (χ3v) is 4.59. The Morgan fingerprint density at radius 2 is 1.96 bits per heavy atom. The second-order valence-electron chi connectivity index (χ2n) is 6.74. The van der Waals surface area contributed by atoms with E-state index in [9.17, 15) is 9.59 Å². The summed E-state index contributed by atoms with van der Waals surface area (Å²) in [5.41, 5.74) is 0. The topological polar surface area (TPSA) is 85.4 Å². The quantitative estimate of drug-likeness (QED) is 0.897. The Balaban J connectivity index is 2.30. The van der Waals surface area contributed by atoms with Crippen molar-refractivity contribution in [1.82, 2.24) is 29.9 Å². The predicted molar refractivity (Wildman–Crippen MR) is 94.9 cm³/mol. The van der Waals surface area contributed by atoms with Gasteiger partial charge < -0.3 is 14.7 Å². The van der Waals surface area contributed by atoms with Crippen LogP contribution in [0.25, 0.3) is 0 Å². The minimum atomic E-state index is -0.318. The summed E-state index contributed by atoms with van der Waals surface area (Å²) in [5.74, 6) is 1.25. The van der Waals surface area contributed by atoms with Crippen LogP contribution in [0.2, 0.25) is 0 Å². The van der Waals surface area contributed by atoms with E-state index >= 15 is 0 Å². The number of rotatable bonds is 4. The van der Waals surface area contributed by atoms with Gasteiger partial charge in [0.25, 0.3) is 0 Å². The number of amides is 3. The van der Waals surface area contributed by atoms with Gasteiger partial charge in [0.05, 0.1) is 6.54 Å². The van der Waals surface area contributed by atoms with Crippen molar-refractivity contribution < 1.29 is 9.59 Å². The van der Waals surface area contributed by atoms with Crippen molar-refractivity contribution in [3.05, 3.63) is 11.6 Å². The average molecular weight is 350 g/mol. The fraction of sp³-hybridized carbons (Fsp3) is 0.765. The van der Waals surface area contributed by atoms with Crippen LogP contribution < -0.4 is 0 Å². The van der Waals surface area contributed by atoms with Crippen molar-refractivity contribution in [2.24, 2.45) is 5.92 Å². The molecule has 0 spiro atoms. The van der Waals surface area contributed by atoms with E-state index < -0.39 is 0 Å². The molecule has 0 radical (unpaired) electrons. The fourth-order valence-electron chi connectivity index (χ4n) is 3.18. The Morgan fingerprint density at radius 1 is 1.28 bits per heavy atom. The van der Waals surface area contributed by atoms with Gasteiger partial charge in [-0.1, -0.05) is 13.8 Å². The largest absolute Gasteiger partial charge is 0.330 e. The van der Waals surface area contributed by atoms with Gasteiger partial charge in [0.1, 0.15) is 11.9 Å². The molecule has 1 N–H and O–H groups in total. The summed E-state index contributed by atoms with van der Waals surface area (Å²) in [7, 11) is 0. The number of nitrogens with one attached hydrogen (secondary N) is 1. The van der Waals surface area contributed by atoms with Crippen LogP contribution in [-0.2, 0) is 4.79 Å². The van der Waals surface area contributed by atoms with Gasteiger partial charge in [0, 0.05) is 32.1 Å². The number of carbonyl (C=O) groups is 2. The number of urea groups is 1. The van der Waals surface area contributed by atoms with E-state index in [-0.39, 0.29) is 23.9 Å². The second-order valence-corrected chi connectivity index (χ2v) is 6.74. The Bertz CT molecular complexity index is 596. The Hall–Kier alpha value is -2.12. The van der Waals surface area contributed by atoms with Gasteiger partial charge in [0.2, 0.25) is 5.91 Å². The van der Waals surface area contributed by atoms with E-state index in [2.05, 4.69) is 15.2 Å². The van der Waals surface area contributed by atoms with Crippen LogP contribution in [0.4, 0.5) is 4.79 Å². The molecular formula is C17H30N6O2. The van der Waals surface area contributed by atoms with Crippen LogP contribution in [0.15, 0.2) is 0 Å². The first-order valence-corrected chi connectivity index (χ1v) is 9.12. The summed E-state index contributed by atoms with van der Waals surface area (Å²) in [6, 6.07) is -0.303. The molecule has 1 saturated heterocycles. The zero-order valence-electron chi connectivity index (χ0n) is 15.9. The molecule has 0 bridgehead atoms. The SMILES string of the molecule is CCN(CC)C(=O)N1CCCN(C(=O)C(C)C)C(c2n[nH]c(C)n2)C1. The zero-order chi connectivity index (χ0) is 18.6. The Morgan fingerprint density at radius 3 is 2.48 bits per heavy atom. The summed E-state index contributed by atoms with van der Waals surface area (Å²) in [6.45, 7) is 12.6. The van der Waals surface area contributed by atoms with Gasteiger partial charge in [-0.05, 0) is 27.2 Å². The van der Waals surface area contributed by atoms with E-state index in [1.165, 1.54) is 0 Å². The zero-order valence-corrected chi connectivity index (χ0v) is 15.9. The van der Waals surface area contributed by atoms with Crippen LogP contribution in [0.1, 0.15) is 51.8 Å². The minimum absolute atomic E-state index is 0.0149. The van der Waals surface area contributed by atoms with Crippen molar-refractivity contribution in [2.45, 2.75) is 47.1 Å². The number of hydrogen-bond acceptors (Lipinski definition) is 4. The summed E-state index contributed by atoms with van der Waals surface area (Å²) in [5, 5.41) is 7.12. The molecule has 1 fully saturated rings. The van der Waals surface area contributed by atoms with Crippen LogP contribution in [-0.4, -0.2) is 74.5 Å². The van der Waals surface area contributed by atoms with Crippen molar-refractivity contribution in [2.75, 3.05) is 32.7 Å². The highest BCUT2D eigenvalue weighted by atomic mass is 16.2. The van der Waals surface area contributed by atoms with Crippen molar-refractivity contribution in [3.63, 3.8) is 0 Å². The highest BCUT2D eigenvalue weighted by Gasteiger charge is 2.35. The number of H-pyrrole nitrogens is 1. The Labute approximate surface area is 149 Å². The molecule has 1 aliphatic heterocycles. The molecule has 1 atom stereocenters. The number of aromatic amines is 1. The maximum atomic E-state index is 12.8. The van der Waals surface area contributed by atoms with E-state index in [0.29, 0.717) is 44.4 Å². The van der Waals surface area contributed by atoms with Crippen molar-refractivity contribution in [3.8, 4) is 0 Å². The molecule has 140 valence electrons. The van der Waals surface area contributed by atoms with E-state index in [4.69, 9.17) is 0 Å². The normalized spacial score (nSPS) is 18.4. The molecule has 25 heavy (non-hydrogen) atoms. The number of nitrogens with zero attached hydrogens (tertiary/aromatic N) is 5. The molecule has 2 heterocycles. The molecule has 8 nitrogen and oxygen atoms in total. The molecule has 3 amide bonds. The van der Waals surface area contributed by atoms with E-state index in [0.717, 1.165) is 6.42 Å². The lowest BCUT2D eigenvalue weighted by Crippen LogP contribution is -2.46. The molecule has 1 aromatic rings. The van der Waals surface area contributed by atoms with Crippen LogP contribution in [0.3, 0.4) is 0 Å². The fourth-order valence-corrected chi connectivity index (χ4v) is 3.18. The summed E-state index contributed by atoms with van der Waals surface area (Å²) >= 11 is 0. The average Bonchev–Trinajstić information content (AvgIpc) is 2.89. The number of hydrogen-bond donors (Lipinski definition) is 1. The lowest BCUT2D eigenvalue weighted by atomic mass is 10.1. The highest BCUT2D eigenvalue weighted by Crippen LogP contribution is 2.25. The van der Waals surface area contributed by atoms with E-state index in [1.54, 1.807) is 4.90 Å². The molecule has 2 rings (SSSR count). The summed E-state index contributed by atoms with van der Waals surface area (Å²) in [6.07, 6.45) is 0.755. The number of carbonyl (C=O) groups excluding carboxylic acids is 2. The van der Waals surface area contributed by atoms with Gasteiger partial charge >= 0.3 is 6.03 Å². The Kier molecular flexibility index (Phi) is 6.39. The number of aryl methyl sites for hydroxylation is 1. The third kappa shape index (κ3) is 4.29. The molecular weight excluding hydrogens is 320 g/mol. The van der Waals surface area contributed by atoms with Crippen LogP contribution in [0, 0.1) is 12.8 Å². The highest BCUT2D eigenvalue weighted by molar-refractivity contribution is 5.79. The lowest BCUT2D eigenvalue weighted by molar-refractivity contribution is -0.137. The molecule has 1 aromatic heterocycles. The monoisotopic (exact) mass is 350 g/mol. The third-order valence-electron chi connectivity index (χ3n) is 4.59. The molecule has 0 saturated carbocycles. The van der Waals surface area contributed by atoms with Crippen molar-refractivity contribution in [1.29, 1.82) is 0 Å². The molecule has 8 heteroatoms. The first-order chi connectivity index (χ1) is 11.9. The minimum Gasteiger partial charge on any atom is -0.330 e. The van der Waals surface area contributed by atoms with Crippen LogP contribution in [0.5, 0.6) is 0 Å². The number of aromatic nitrogens is 3. The molecule has 1 unspecified atom stereocenters. The second kappa shape index (κ2) is 8.31. The van der Waals surface area contributed by atoms with Gasteiger partial charge in [-0.25, -0.2) is 9.78 Å². The maximum Gasteiger partial charge on any atom is 0.320 e. The molecule has 0 aromatic carbocycles. The molecule has 1 aliphatic rings. The lowest BCUT2D eigenvalue weighted by Gasteiger charge is -2.33. The first-order valence-electron chi connectivity index (χ1n) is 9.12. The maximum absolute atomic E-state index is 12.8. The van der Waals surface area contributed by atoms with Crippen molar-refractivity contribution >= 4 is 11.9 Å². The first kappa shape index (κ1) is 19.2.